The van der Waals surface area contributed by atoms with Crippen LogP contribution in [0, 0.1) is 5.92 Å². The second kappa shape index (κ2) is 8.40. The number of nitrogens with one attached hydrogen (secondary N) is 2. The molecule has 8 nitrogen and oxygen atoms in total. The summed E-state index contributed by atoms with van der Waals surface area (Å²) in [6.45, 7) is 0. The Bertz CT molecular complexity index is 914. The molecule has 1 fully saturated rings. The highest BCUT2D eigenvalue weighted by atomic mass is 16.6. The molecular weight excluding hydrogens is 372 g/mol. The second-order valence-corrected chi connectivity index (χ2v) is 7.27. The van der Waals surface area contributed by atoms with Crippen molar-refractivity contribution in [1.82, 2.24) is 15.8 Å². The lowest BCUT2D eigenvalue weighted by Crippen LogP contribution is -2.43. The molecule has 0 spiro atoms. The first-order valence-corrected chi connectivity index (χ1v) is 9.64. The van der Waals surface area contributed by atoms with Gasteiger partial charge in [-0.1, -0.05) is 29.8 Å². The van der Waals surface area contributed by atoms with Crippen molar-refractivity contribution in [1.29, 1.82) is 0 Å². The zero-order valence-electron chi connectivity index (χ0n) is 15.7. The summed E-state index contributed by atoms with van der Waals surface area (Å²) in [4.78, 5) is 34.1. The van der Waals surface area contributed by atoms with E-state index in [0.29, 0.717) is 24.8 Å². The molecule has 3 atom stereocenters. The summed E-state index contributed by atoms with van der Waals surface area (Å²) in [5.41, 5.74) is 4.71. The minimum Gasteiger partial charge on any atom is -0.387 e. The summed E-state index contributed by atoms with van der Waals surface area (Å²) in [5.74, 6) is -1.10. The van der Waals surface area contributed by atoms with Gasteiger partial charge in [0.15, 0.2) is 6.10 Å². The SMILES string of the molecule is O=C(N[C@@H]1CCC[C@@H]1C(=O)NO)c1ccc(C2CC(c3ccccn3)=NO2)cc1. The minimum atomic E-state index is -0.453. The Morgan fingerprint density at radius 3 is 2.66 bits per heavy atom. The molecule has 0 saturated heterocycles. The van der Waals surface area contributed by atoms with Gasteiger partial charge >= 0.3 is 0 Å². The molecule has 3 N–H and O–H groups in total. The summed E-state index contributed by atoms with van der Waals surface area (Å²) in [6.07, 6.45) is 4.32. The molecular formula is C21H22N4O4. The van der Waals surface area contributed by atoms with Gasteiger partial charge in [-0.2, -0.15) is 0 Å². The highest BCUT2D eigenvalue weighted by Crippen LogP contribution is 2.29. The number of nitrogens with zero attached hydrogens (tertiary/aromatic N) is 2. The summed E-state index contributed by atoms with van der Waals surface area (Å²) in [7, 11) is 0. The van der Waals surface area contributed by atoms with Gasteiger partial charge in [0.1, 0.15) is 5.71 Å². The van der Waals surface area contributed by atoms with Crippen molar-refractivity contribution in [3.05, 3.63) is 65.5 Å². The first kappa shape index (κ1) is 19.1. The van der Waals surface area contributed by atoms with Crippen molar-refractivity contribution < 1.29 is 19.6 Å². The normalized spacial score (nSPS) is 23.2. The largest absolute Gasteiger partial charge is 0.387 e. The number of benzene rings is 1. The van der Waals surface area contributed by atoms with Crippen LogP contribution in [0.25, 0.3) is 0 Å². The summed E-state index contributed by atoms with van der Waals surface area (Å²) < 4.78 is 0. The first-order chi connectivity index (χ1) is 14.2. The van der Waals surface area contributed by atoms with Crippen molar-refractivity contribution in [2.75, 3.05) is 0 Å². The molecule has 1 saturated carbocycles. The van der Waals surface area contributed by atoms with E-state index in [1.807, 2.05) is 30.3 Å². The van der Waals surface area contributed by atoms with Gasteiger partial charge in [-0.25, -0.2) is 5.48 Å². The number of rotatable bonds is 5. The van der Waals surface area contributed by atoms with Gasteiger partial charge in [0.25, 0.3) is 5.91 Å². The number of carbonyl (C=O) groups is 2. The molecule has 2 aliphatic rings. The number of amides is 2. The minimum absolute atomic E-state index is 0.212. The molecule has 1 aromatic carbocycles. The van der Waals surface area contributed by atoms with Crippen LogP contribution < -0.4 is 10.8 Å². The maximum atomic E-state index is 12.6. The van der Waals surface area contributed by atoms with E-state index in [1.165, 1.54) is 0 Å². The maximum absolute atomic E-state index is 12.6. The Morgan fingerprint density at radius 1 is 1.10 bits per heavy atom. The monoisotopic (exact) mass is 394 g/mol. The molecule has 1 aliphatic carbocycles. The first-order valence-electron chi connectivity index (χ1n) is 9.64. The maximum Gasteiger partial charge on any atom is 0.251 e. The number of hydrogen-bond donors (Lipinski definition) is 3. The molecule has 1 aromatic heterocycles. The molecule has 2 heterocycles. The smallest absolute Gasteiger partial charge is 0.251 e. The van der Waals surface area contributed by atoms with Crippen LogP contribution in [0.15, 0.2) is 53.8 Å². The molecule has 1 unspecified atom stereocenters. The Labute approximate surface area is 167 Å². The van der Waals surface area contributed by atoms with Gasteiger partial charge in [0, 0.05) is 24.2 Å². The zero-order valence-corrected chi connectivity index (χ0v) is 15.7. The van der Waals surface area contributed by atoms with Gasteiger partial charge in [-0.3, -0.25) is 19.8 Å². The predicted octanol–water partition coefficient (Wildman–Crippen LogP) is 2.35. The van der Waals surface area contributed by atoms with Crippen LogP contribution in [0.2, 0.25) is 0 Å². The number of oxime groups is 1. The van der Waals surface area contributed by atoms with Gasteiger partial charge < -0.3 is 10.2 Å². The lowest BCUT2D eigenvalue weighted by Gasteiger charge is -2.19. The third-order valence-corrected chi connectivity index (χ3v) is 5.45. The number of hydrogen-bond acceptors (Lipinski definition) is 6. The van der Waals surface area contributed by atoms with Crippen molar-refractivity contribution in [2.24, 2.45) is 11.1 Å². The fourth-order valence-electron chi connectivity index (χ4n) is 3.87. The Kier molecular flexibility index (Phi) is 5.53. The van der Waals surface area contributed by atoms with E-state index in [-0.39, 0.29) is 18.1 Å². The molecule has 150 valence electrons. The number of carbonyl (C=O) groups excluding carboxylic acids is 2. The van der Waals surface area contributed by atoms with Crippen molar-refractivity contribution >= 4 is 17.5 Å². The van der Waals surface area contributed by atoms with Gasteiger partial charge in [0.2, 0.25) is 5.91 Å². The lowest BCUT2D eigenvalue weighted by atomic mass is 10.0. The van der Waals surface area contributed by atoms with E-state index in [4.69, 9.17) is 10.0 Å². The lowest BCUT2D eigenvalue weighted by molar-refractivity contribution is -0.133. The van der Waals surface area contributed by atoms with Gasteiger partial charge in [0.05, 0.1) is 11.6 Å². The third-order valence-electron chi connectivity index (χ3n) is 5.45. The van der Waals surface area contributed by atoms with Crippen LogP contribution >= 0.6 is 0 Å². The van der Waals surface area contributed by atoms with E-state index in [0.717, 1.165) is 23.4 Å². The van der Waals surface area contributed by atoms with E-state index in [1.54, 1.807) is 23.8 Å². The zero-order chi connectivity index (χ0) is 20.2. The molecule has 2 amide bonds. The standard InChI is InChI=1S/C21H22N4O4/c26-20(23-16-6-3-4-15(16)21(27)24-28)14-9-7-13(8-10-14)19-12-18(25-29-19)17-5-1-2-11-22-17/h1-2,5,7-11,15-16,19,28H,3-4,6,12H2,(H,23,26)(H,24,27)/t15-,16+,19?/m0/s1. The van der Waals surface area contributed by atoms with Crippen LogP contribution in [0.5, 0.6) is 0 Å². The summed E-state index contributed by atoms with van der Waals surface area (Å²) in [5, 5.41) is 15.9. The van der Waals surface area contributed by atoms with E-state index in [9.17, 15) is 9.59 Å². The van der Waals surface area contributed by atoms with Crippen LogP contribution in [0.1, 0.15) is 53.4 Å². The van der Waals surface area contributed by atoms with Crippen molar-refractivity contribution in [3.8, 4) is 0 Å². The van der Waals surface area contributed by atoms with Crippen LogP contribution in [0.3, 0.4) is 0 Å². The Hall–Kier alpha value is -3.26. The van der Waals surface area contributed by atoms with Crippen molar-refractivity contribution in [3.63, 3.8) is 0 Å². The highest BCUT2D eigenvalue weighted by molar-refractivity contribution is 5.99. The molecule has 4 rings (SSSR count). The number of hydroxylamine groups is 1. The molecule has 8 heteroatoms. The van der Waals surface area contributed by atoms with E-state index in [2.05, 4.69) is 15.5 Å². The third kappa shape index (κ3) is 4.12. The van der Waals surface area contributed by atoms with Gasteiger partial charge in [-0.15, -0.1) is 0 Å². The quantitative estimate of drug-likeness (QED) is 0.532. The Balaban J connectivity index is 1.37. The van der Waals surface area contributed by atoms with Crippen LogP contribution in [0.4, 0.5) is 0 Å². The average molecular weight is 394 g/mol. The Morgan fingerprint density at radius 2 is 1.93 bits per heavy atom. The highest BCUT2D eigenvalue weighted by Gasteiger charge is 2.34. The van der Waals surface area contributed by atoms with Crippen LogP contribution in [-0.2, 0) is 9.63 Å². The fourth-order valence-corrected chi connectivity index (χ4v) is 3.87. The van der Waals surface area contributed by atoms with Crippen LogP contribution in [-0.4, -0.2) is 33.8 Å². The topological polar surface area (TPSA) is 113 Å². The molecule has 0 radical (unpaired) electrons. The predicted molar refractivity (Wildman–Crippen MR) is 104 cm³/mol. The molecule has 29 heavy (non-hydrogen) atoms. The molecule has 2 aromatic rings. The van der Waals surface area contributed by atoms with E-state index >= 15 is 0 Å². The fraction of sp³-hybridized carbons (Fsp3) is 0.333. The van der Waals surface area contributed by atoms with Crippen molar-refractivity contribution in [2.45, 2.75) is 37.8 Å². The summed E-state index contributed by atoms with van der Waals surface area (Å²) >= 11 is 0. The summed E-state index contributed by atoms with van der Waals surface area (Å²) in [6, 6.07) is 12.6. The number of aromatic nitrogens is 1. The molecule has 0 bridgehead atoms. The molecule has 1 aliphatic heterocycles. The van der Waals surface area contributed by atoms with E-state index < -0.39 is 11.8 Å². The average Bonchev–Trinajstić information content (AvgIpc) is 3.44. The number of pyridine rings is 1. The van der Waals surface area contributed by atoms with Gasteiger partial charge in [-0.05, 0) is 42.7 Å². The second-order valence-electron chi connectivity index (χ2n) is 7.27.